The molecule has 0 saturated heterocycles. The van der Waals surface area contributed by atoms with Crippen molar-refractivity contribution in [3.8, 4) is 11.3 Å². The lowest BCUT2D eigenvalue weighted by molar-refractivity contribution is 0.745. The maximum atomic E-state index is 4.06. The molecule has 2 nitrogen and oxygen atoms in total. The molecule has 0 radical (unpaired) electrons. The second-order valence-electron chi connectivity index (χ2n) is 5.70. The minimum absolute atomic E-state index is 0.590. The molecule has 0 spiro atoms. The molecule has 1 unspecified atom stereocenters. The van der Waals surface area contributed by atoms with Crippen molar-refractivity contribution in [1.82, 2.24) is 10.2 Å². The van der Waals surface area contributed by atoms with E-state index in [0.29, 0.717) is 11.8 Å². The molecule has 94 valence electrons. The first-order valence-electron chi connectivity index (χ1n) is 6.83. The van der Waals surface area contributed by atoms with Gasteiger partial charge in [0.15, 0.2) is 0 Å². The van der Waals surface area contributed by atoms with Gasteiger partial charge in [0, 0.05) is 11.8 Å². The minimum Gasteiger partial charge on any atom is -0.278 e. The largest absolute Gasteiger partial charge is 0.278 e. The van der Waals surface area contributed by atoms with E-state index < -0.39 is 0 Å². The molecule has 3 rings (SSSR count). The molecule has 0 bridgehead atoms. The van der Waals surface area contributed by atoms with E-state index in [1.807, 2.05) is 12.3 Å². The van der Waals surface area contributed by atoms with Crippen molar-refractivity contribution in [3.63, 3.8) is 0 Å². The van der Waals surface area contributed by atoms with E-state index in [1.54, 1.807) is 11.1 Å². The van der Waals surface area contributed by atoms with Gasteiger partial charge in [0.05, 0.1) is 5.69 Å². The highest BCUT2D eigenvalue weighted by molar-refractivity contribution is 5.64. The van der Waals surface area contributed by atoms with E-state index in [-0.39, 0.29) is 0 Å². The maximum Gasteiger partial charge on any atom is 0.0650 e. The Kier molecular flexibility index (Phi) is 2.73. The van der Waals surface area contributed by atoms with Crippen LogP contribution in [0.25, 0.3) is 11.3 Å². The number of hydrogen-bond donors (Lipinski definition) is 1. The normalized spacial score (nSPS) is 18.3. The van der Waals surface area contributed by atoms with Crippen molar-refractivity contribution >= 4 is 0 Å². The zero-order chi connectivity index (χ0) is 12.7. The molecule has 1 N–H and O–H groups in total. The lowest BCUT2D eigenvalue weighted by Crippen LogP contribution is -1.98. The van der Waals surface area contributed by atoms with Crippen LogP contribution in [0, 0.1) is 0 Å². The second kappa shape index (κ2) is 4.27. The standard InChI is InChI=1S/C16H20N2/c1-10(2)14-8-12(16-6-7-17-18-16)9-15-11(3)4-5-13(14)15/h6-11H,4-5H2,1-3H3,(H,17,18). The Labute approximate surface area is 108 Å². The monoisotopic (exact) mass is 240 g/mol. The number of nitrogens with zero attached hydrogens (tertiary/aromatic N) is 1. The molecule has 0 fully saturated rings. The zero-order valence-corrected chi connectivity index (χ0v) is 11.3. The molecular weight excluding hydrogens is 220 g/mol. The zero-order valence-electron chi connectivity index (χ0n) is 11.3. The molecule has 1 aliphatic carbocycles. The van der Waals surface area contributed by atoms with E-state index in [0.717, 1.165) is 5.69 Å². The van der Waals surface area contributed by atoms with Crippen LogP contribution in [0.3, 0.4) is 0 Å². The van der Waals surface area contributed by atoms with Crippen molar-refractivity contribution in [2.75, 3.05) is 0 Å². The van der Waals surface area contributed by atoms with Crippen molar-refractivity contribution in [2.24, 2.45) is 0 Å². The van der Waals surface area contributed by atoms with Gasteiger partial charge >= 0.3 is 0 Å². The average Bonchev–Trinajstić information content (AvgIpc) is 2.98. The predicted octanol–water partition coefficient (Wildman–Crippen LogP) is 4.25. The van der Waals surface area contributed by atoms with Gasteiger partial charge in [-0.2, -0.15) is 5.10 Å². The van der Waals surface area contributed by atoms with Crippen molar-refractivity contribution < 1.29 is 0 Å². The Morgan fingerprint density at radius 1 is 1.33 bits per heavy atom. The molecule has 1 heterocycles. The summed E-state index contributed by atoms with van der Waals surface area (Å²) in [4.78, 5) is 0. The quantitative estimate of drug-likeness (QED) is 0.835. The fraction of sp³-hybridized carbons (Fsp3) is 0.438. The van der Waals surface area contributed by atoms with Crippen molar-refractivity contribution in [1.29, 1.82) is 0 Å². The Morgan fingerprint density at radius 2 is 2.17 bits per heavy atom. The highest BCUT2D eigenvalue weighted by Crippen LogP contribution is 2.39. The van der Waals surface area contributed by atoms with Gasteiger partial charge in [0.2, 0.25) is 0 Å². The summed E-state index contributed by atoms with van der Waals surface area (Å²) in [6.07, 6.45) is 4.36. The summed E-state index contributed by atoms with van der Waals surface area (Å²) >= 11 is 0. The number of benzene rings is 1. The third kappa shape index (κ3) is 1.76. The van der Waals surface area contributed by atoms with Crippen LogP contribution in [0.15, 0.2) is 24.4 Å². The van der Waals surface area contributed by atoms with Crippen LogP contribution in [0.1, 0.15) is 55.7 Å². The fourth-order valence-corrected chi connectivity index (χ4v) is 3.05. The molecule has 18 heavy (non-hydrogen) atoms. The highest BCUT2D eigenvalue weighted by Gasteiger charge is 2.23. The predicted molar refractivity (Wildman–Crippen MR) is 74.8 cm³/mol. The second-order valence-corrected chi connectivity index (χ2v) is 5.70. The number of fused-ring (bicyclic) bond motifs is 1. The van der Waals surface area contributed by atoms with Gasteiger partial charge in [-0.05, 0) is 59.6 Å². The Morgan fingerprint density at radius 3 is 2.83 bits per heavy atom. The number of rotatable bonds is 2. The first kappa shape index (κ1) is 11.5. The van der Waals surface area contributed by atoms with Crippen LogP contribution < -0.4 is 0 Å². The van der Waals surface area contributed by atoms with Gasteiger partial charge in [0.1, 0.15) is 0 Å². The van der Waals surface area contributed by atoms with Crippen molar-refractivity contribution in [2.45, 2.75) is 45.4 Å². The van der Waals surface area contributed by atoms with E-state index >= 15 is 0 Å². The number of H-pyrrole nitrogens is 1. The van der Waals surface area contributed by atoms with Gasteiger partial charge in [-0.1, -0.05) is 20.8 Å². The summed E-state index contributed by atoms with van der Waals surface area (Å²) in [5.74, 6) is 1.28. The average molecular weight is 240 g/mol. The molecule has 2 aromatic rings. The highest BCUT2D eigenvalue weighted by atomic mass is 15.1. The lowest BCUT2D eigenvalue weighted by atomic mass is 9.90. The Balaban J connectivity index is 2.19. The third-order valence-electron chi connectivity index (χ3n) is 4.11. The number of hydrogen-bond acceptors (Lipinski definition) is 1. The molecule has 2 heteroatoms. The molecule has 1 aliphatic rings. The molecular formula is C16H20N2. The molecule has 0 saturated carbocycles. The maximum absolute atomic E-state index is 4.06. The van der Waals surface area contributed by atoms with Gasteiger partial charge < -0.3 is 0 Å². The number of nitrogens with one attached hydrogen (secondary N) is 1. The Bertz CT molecular complexity index is 553. The SMILES string of the molecule is CC(C)c1cc(-c2ccn[nH]2)cc2c1CCC2C. The van der Waals surface area contributed by atoms with Gasteiger partial charge in [-0.25, -0.2) is 0 Å². The van der Waals surface area contributed by atoms with E-state index in [4.69, 9.17) is 0 Å². The van der Waals surface area contributed by atoms with E-state index in [1.165, 1.54) is 24.0 Å². The summed E-state index contributed by atoms with van der Waals surface area (Å²) in [6.45, 7) is 6.91. The van der Waals surface area contributed by atoms with Crippen molar-refractivity contribution in [3.05, 3.63) is 41.1 Å². The summed E-state index contributed by atoms with van der Waals surface area (Å²) in [5, 5.41) is 7.14. The van der Waals surface area contributed by atoms with E-state index in [9.17, 15) is 0 Å². The number of aromatic amines is 1. The van der Waals surface area contributed by atoms with Crippen LogP contribution >= 0.6 is 0 Å². The Hall–Kier alpha value is -1.57. The van der Waals surface area contributed by atoms with Crippen LogP contribution in [0.4, 0.5) is 0 Å². The van der Waals surface area contributed by atoms with Gasteiger partial charge in [0.25, 0.3) is 0 Å². The topological polar surface area (TPSA) is 28.7 Å². The summed E-state index contributed by atoms with van der Waals surface area (Å²) < 4.78 is 0. The van der Waals surface area contributed by atoms with Crippen LogP contribution in [-0.4, -0.2) is 10.2 Å². The van der Waals surface area contributed by atoms with Gasteiger partial charge in [-0.15, -0.1) is 0 Å². The first-order chi connectivity index (χ1) is 8.66. The summed E-state index contributed by atoms with van der Waals surface area (Å²) in [5.41, 5.74) is 7.07. The lowest BCUT2D eigenvalue weighted by Gasteiger charge is -2.15. The molecule has 1 atom stereocenters. The number of aromatic nitrogens is 2. The van der Waals surface area contributed by atoms with Crippen LogP contribution in [-0.2, 0) is 6.42 Å². The fourth-order valence-electron chi connectivity index (χ4n) is 3.05. The molecule has 0 amide bonds. The van der Waals surface area contributed by atoms with E-state index in [2.05, 4.69) is 43.1 Å². The summed E-state index contributed by atoms with van der Waals surface area (Å²) in [6, 6.07) is 6.74. The van der Waals surface area contributed by atoms with Gasteiger partial charge in [-0.3, -0.25) is 5.10 Å². The molecule has 1 aromatic carbocycles. The smallest absolute Gasteiger partial charge is 0.0650 e. The first-order valence-corrected chi connectivity index (χ1v) is 6.83. The summed E-state index contributed by atoms with van der Waals surface area (Å²) in [7, 11) is 0. The molecule has 0 aliphatic heterocycles. The van der Waals surface area contributed by atoms with Crippen LogP contribution in [0.2, 0.25) is 0 Å². The molecule has 1 aromatic heterocycles. The third-order valence-corrected chi connectivity index (χ3v) is 4.11. The van der Waals surface area contributed by atoms with Crippen LogP contribution in [0.5, 0.6) is 0 Å². The minimum atomic E-state index is 0.590.